The third-order valence-corrected chi connectivity index (χ3v) is 2.80. The number of nitrogens with zero attached hydrogens (tertiary/aromatic N) is 1. The average Bonchev–Trinajstić information content (AvgIpc) is 2.88. The number of phenols is 1. The van der Waals surface area contributed by atoms with Crippen LogP contribution in [0.2, 0.25) is 0 Å². The van der Waals surface area contributed by atoms with E-state index >= 15 is 0 Å². The normalized spacial score (nSPS) is 11.0. The van der Waals surface area contributed by atoms with Crippen LogP contribution in [0.25, 0.3) is 17.2 Å². The molecule has 0 aliphatic heterocycles. The van der Waals surface area contributed by atoms with Crippen LogP contribution in [0.1, 0.15) is 5.89 Å². The molecule has 0 unspecified atom stereocenters. The molecule has 0 saturated heterocycles. The Balaban J connectivity index is 1.71. The van der Waals surface area contributed by atoms with Crippen molar-refractivity contribution in [3.63, 3.8) is 0 Å². The van der Waals surface area contributed by atoms with E-state index in [1.54, 1.807) is 12.1 Å². The molecule has 5 heteroatoms. The molecule has 0 aliphatic carbocycles. The number of amides is 1. The minimum Gasteiger partial charge on any atom is -0.508 e. The maximum absolute atomic E-state index is 11.8. The highest BCUT2D eigenvalue weighted by molar-refractivity contribution is 6.01. The van der Waals surface area contributed by atoms with Crippen molar-refractivity contribution in [2.24, 2.45) is 0 Å². The predicted octanol–water partition coefficient (Wildman–Crippen LogP) is 3.19. The molecule has 0 radical (unpaired) electrons. The van der Waals surface area contributed by atoms with Gasteiger partial charge in [-0.2, -0.15) is 0 Å². The first-order valence-electron chi connectivity index (χ1n) is 6.34. The van der Waals surface area contributed by atoms with Gasteiger partial charge in [0, 0.05) is 23.9 Å². The molecule has 1 amide bonds. The van der Waals surface area contributed by atoms with Crippen LogP contribution in [0.4, 0.5) is 5.69 Å². The number of oxazole rings is 1. The second-order valence-corrected chi connectivity index (χ2v) is 4.39. The summed E-state index contributed by atoms with van der Waals surface area (Å²) in [6.07, 6.45) is 2.83. The van der Waals surface area contributed by atoms with E-state index in [0.717, 1.165) is 5.52 Å². The Hall–Kier alpha value is -3.08. The largest absolute Gasteiger partial charge is 0.508 e. The molecular weight excluding hydrogens is 268 g/mol. The van der Waals surface area contributed by atoms with E-state index in [1.807, 2.05) is 24.3 Å². The van der Waals surface area contributed by atoms with Gasteiger partial charge in [-0.05, 0) is 24.3 Å². The van der Waals surface area contributed by atoms with E-state index in [0.29, 0.717) is 17.2 Å². The van der Waals surface area contributed by atoms with Crippen molar-refractivity contribution in [2.75, 3.05) is 5.32 Å². The average molecular weight is 280 g/mol. The van der Waals surface area contributed by atoms with Gasteiger partial charge in [-0.3, -0.25) is 4.79 Å². The van der Waals surface area contributed by atoms with Crippen molar-refractivity contribution < 1.29 is 14.3 Å². The fraction of sp³-hybridized carbons (Fsp3) is 0. The molecule has 1 heterocycles. The quantitative estimate of drug-likeness (QED) is 0.722. The lowest BCUT2D eigenvalue weighted by Crippen LogP contribution is -2.07. The number of benzene rings is 2. The third kappa shape index (κ3) is 3.09. The van der Waals surface area contributed by atoms with E-state index in [2.05, 4.69) is 10.3 Å². The number of hydrogen-bond acceptors (Lipinski definition) is 4. The van der Waals surface area contributed by atoms with Crippen LogP contribution in [0.5, 0.6) is 5.75 Å². The highest BCUT2D eigenvalue weighted by Crippen LogP contribution is 2.17. The van der Waals surface area contributed by atoms with E-state index in [9.17, 15) is 9.90 Å². The highest BCUT2D eigenvalue weighted by Gasteiger charge is 2.03. The number of rotatable bonds is 3. The first-order chi connectivity index (χ1) is 10.2. The highest BCUT2D eigenvalue weighted by atomic mass is 16.3. The Kier molecular flexibility index (Phi) is 3.39. The third-order valence-electron chi connectivity index (χ3n) is 2.80. The smallest absolute Gasteiger partial charge is 0.248 e. The van der Waals surface area contributed by atoms with Gasteiger partial charge in [0.25, 0.3) is 0 Å². The number of aromatic hydroxyl groups is 1. The van der Waals surface area contributed by atoms with Gasteiger partial charge in [0.2, 0.25) is 11.8 Å². The summed E-state index contributed by atoms with van der Waals surface area (Å²) in [5.74, 6) is 0.126. The number of para-hydroxylation sites is 2. The summed E-state index contributed by atoms with van der Waals surface area (Å²) >= 11 is 0. The number of carbonyl (C=O) groups is 1. The van der Waals surface area contributed by atoms with Crippen LogP contribution in [-0.4, -0.2) is 16.0 Å². The molecule has 0 atom stereocenters. The maximum atomic E-state index is 11.8. The van der Waals surface area contributed by atoms with Crippen molar-refractivity contribution in [3.8, 4) is 5.75 Å². The van der Waals surface area contributed by atoms with Gasteiger partial charge >= 0.3 is 0 Å². The van der Waals surface area contributed by atoms with Gasteiger partial charge in [-0.1, -0.05) is 18.2 Å². The molecule has 0 saturated carbocycles. The second-order valence-electron chi connectivity index (χ2n) is 4.39. The zero-order valence-electron chi connectivity index (χ0n) is 11.0. The first-order valence-corrected chi connectivity index (χ1v) is 6.34. The molecule has 21 heavy (non-hydrogen) atoms. The van der Waals surface area contributed by atoms with Gasteiger partial charge < -0.3 is 14.8 Å². The number of phenolic OH excluding ortho intramolecular Hbond substituents is 1. The van der Waals surface area contributed by atoms with Crippen LogP contribution in [0.3, 0.4) is 0 Å². The van der Waals surface area contributed by atoms with Crippen molar-refractivity contribution >= 4 is 28.8 Å². The minimum atomic E-state index is -0.331. The summed E-state index contributed by atoms with van der Waals surface area (Å²) in [7, 11) is 0. The van der Waals surface area contributed by atoms with Crippen molar-refractivity contribution in [1.82, 2.24) is 4.98 Å². The van der Waals surface area contributed by atoms with Crippen LogP contribution in [-0.2, 0) is 4.79 Å². The number of aromatic nitrogens is 1. The molecule has 0 fully saturated rings. The molecular formula is C16H12N2O3. The number of fused-ring (bicyclic) bond motifs is 1. The summed E-state index contributed by atoms with van der Waals surface area (Å²) < 4.78 is 5.47. The molecule has 2 N–H and O–H groups in total. The van der Waals surface area contributed by atoms with Crippen molar-refractivity contribution in [3.05, 3.63) is 60.5 Å². The summed E-state index contributed by atoms with van der Waals surface area (Å²) in [5, 5.41) is 12.0. The second kappa shape index (κ2) is 5.50. The predicted molar refractivity (Wildman–Crippen MR) is 79.8 cm³/mol. The van der Waals surface area contributed by atoms with Crippen LogP contribution in [0.15, 0.2) is 59.0 Å². The number of nitrogens with one attached hydrogen (secondary N) is 1. The molecule has 0 aliphatic rings. The number of anilines is 1. The number of carbonyl (C=O) groups excluding carboxylic acids is 1. The first kappa shape index (κ1) is 12.9. The fourth-order valence-corrected chi connectivity index (χ4v) is 1.88. The fourth-order valence-electron chi connectivity index (χ4n) is 1.88. The van der Waals surface area contributed by atoms with E-state index in [-0.39, 0.29) is 11.7 Å². The van der Waals surface area contributed by atoms with Crippen molar-refractivity contribution in [1.29, 1.82) is 0 Å². The Morgan fingerprint density at radius 3 is 2.86 bits per heavy atom. The van der Waals surface area contributed by atoms with Gasteiger partial charge in [0.15, 0.2) is 5.58 Å². The molecule has 0 spiro atoms. The van der Waals surface area contributed by atoms with Gasteiger partial charge in [-0.15, -0.1) is 0 Å². The summed E-state index contributed by atoms with van der Waals surface area (Å²) in [5.41, 5.74) is 1.93. The Labute approximate surface area is 120 Å². The Morgan fingerprint density at radius 2 is 2.05 bits per heavy atom. The van der Waals surface area contributed by atoms with Crippen LogP contribution >= 0.6 is 0 Å². The molecule has 1 aromatic heterocycles. The summed E-state index contributed by atoms with van der Waals surface area (Å²) in [6, 6.07) is 13.7. The minimum absolute atomic E-state index is 0.0933. The SMILES string of the molecule is O=C(/C=C/c1nc2ccccc2o1)Nc1cccc(O)c1. The molecule has 104 valence electrons. The lowest BCUT2D eigenvalue weighted by molar-refractivity contribution is -0.111. The monoisotopic (exact) mass is 280 g/mol. The maximum Gasteiger partial charge on any atom is 0.248 e. The van der Waals surface area contributed by atoms with Crippen LogP contribution < -0.4 is 5.32 Å². The molecule has 3 aromatic rings. The molecule has 0 bridgehead atoms. The lowest BCUT2D eigenvalue weighted by Gasteiger charge is -2.01. The van der Waals surface area contributed by atoms with Crippen molar-refractivity contribution in [2.45, 2.75) is 0 Å². The van der Waals surface area contributed by atoms with E-state index in [4.69, 9.17) is 4.42 Å². The van der Waals surface area contributed by atoms with Crippen LogP contribution in [0, 0.1) is 0 Å². The standard InChI is InChI=1S/C16H12N2O3/c19-12-5-3-4-11(10-12)17-15(20)8-9-16-18-13-6-1-2-7-14(13)21-16/h1-10,19H,(H,17,20)/b9-8+. The Bertz CT molecular complexity index is 788. The van der Waals surface area contributed by atoms with E-state index in [1.165, 1.54) is 24.3 Å². The van der Waals surface area contributed by atoms with Gasteiger partial charge in [0.05, 0.1) is 0 Å². The molecule has 2 aromatic carbocycles. The molecule has 5 nitrogen and oxygen atoms in total. The van der Waals surface area contributed by atoms with Gasteiger partial charge in [-0.25, -0.2) is 4.98 Å². The zero-order valence-corrected chi connectivity index (χ0v) is 11.0. The Morgan fingerprint density at radius 1 is 1.19 bits per heavy atom. The summed E-state index contributed by atoms with van der Waals surface area (Å²) in [4.78, 5) is 16.0. The summed E-state index contributed by atoms with van der Waals surface area (Å²) in [6.45, 7) is 0. The van der Waals surface area contributed by atoms with Gasteiger partial charge in [0.1, 0.15) is 11.3 Å². The number of hydrogen-bond donors (Lipinski definition) is 2. The molecule has 3 rings (SSSR count). The topological polar surface area (TPSA) is 75.4 Å². The zero-order chi connectivity index (χ0) is 14.7. The lowest BCUT2D eigenvalue weighted by atomic mass is 10.3. The van der Waals surface area contributed by atoms with E-state index < -0.39 is 0 Å².